The van der Waals surface area contributed by atoms with Crippen molar-refractivity contribution in [1.82, 2.24) is 29.6 Å². The van der Waals surface area contributed by atoms with Gasteiger partial charge in [-0.2, -0.15) is 14.3 Å². The maximum Gasteiger partial charge on any atom is 0.367 e. The van der Waals surface area contributed by atoms with Crippen LogP contribution >= 0.6 is 23.5 Å². The van der Waals surface area contributed by atoms with Gasteiger partial charge in [-0.3, -0.25) is 19.3 Å². The first-order valence-electron chi connectivity index (χ1n) is 11.8. The molecule has 2 aliphatic rings. The molecule has 208 valence electrons. The van der Waals surface area contributed by atoms with Crippen LogP contribution in [0.5, 0.6) is 0 Å². The van der Waals surface area contributed by atoms with Gasteiger partial charge in [0.25, 0.3) is 11.8 Å². The molecule has 0 aliphatic carbocycles. The van der Waals surface area contributed by atoms with E-state index in [1.165, 1.54) is 17.8 Å². The van der Waals surface area contributed by atoms with Gasteiger partial charge in [-0.05, 0) is 30.2 Å². The number of hydrogen-bond acceptors (Lipinski definition) is 10. The van der Waals surface area contributed by atoms with Crippen molar-refractivity contribution >= 4 is 52.9 Å². The number of thioether (sulfide) groups is 2. The number of aliphatic carboxylic acids is 2. The maximum atomic E-state index is 12.9. The molecule has 1 aromatic carbocycles. The number of benzene rings is 1. The van der Waals surface area contributed by atoms with Crippen molar-refractivity contribution in [3.63, 3.8) is 0 Å². The third kappa shape index (κ3) is 5.07. The molecule has 2 aliphatic heterocycles. The summed E-state index contributed by atoms with van der Waals surface area (Å²) in [5.74, 6) is -3.48. The highest BCUT2D eigenvalue weighted by Gasteiger charge is 2.54. The van der Waals surface area contributed by atoms with E-state index >= 15 is 0 Å². The quantitative estimate of drug-likeness (QED) is 0.191. The standard InChI is InChI=1S/C24H22N6O8S2/c1-11-2-4-12(5-3-11)19(33)20(34)25-17-21(35)29-18(23(36)37)13(10-40-22(17)29)9-39-15-7-6-14-26-28(8-16(31)32)24(38)30(14)27-15/h2-7,17,19,22,33H,8-10H2,1H3,(H,25,34)(H,31,32)(H,36,37)/t17?,19-,22-/m1/s1. The second kappa shape index (κ2) is 10.8. The lowest BCUT2D eigenvalue weighted by Crippen LogP contribution is -2.70. The largest absolute Gasteiger partial charge is 0.480 e. The molecule has 0 bridgehead atoms. The van der Waals surface area contributed by atoms with Gasteiger partial charge in [0, 0.05) is 11.5 Å². The number of carboxylic acid groups (broad SMARTS) is 2. The summed E-state index contributed by atoms with van der Waals surface area (Å²) in [6.45, 7) is 1.25. The molecule has 0 spiro atoms. The topological polar surface area (TPSA) is 196 Å². The Bertz CT molecular complexity index is 1630. The van der Waals surface area contributed by atoms with E-state index in [2.05, 4.69) is 15.5 Å². The van der Waals surface area contributed by atoms with Gasteiger partial charge in [-0.25, -0.2) is 9.59 Å². The van der Waals surface area contributed by atoms with Crippen molar-refractivity contribution in [2.75, 3.05) is 11.5 Å². The fourth-order valence-electron chi connectivity index (χ4n) is 4.29. The second-order valence-corrected chi connectivity index (χ2v) is 11.1. The molecule has 16 heteroatoms. The van der Waals surface area contributed by atoms with Crippen LogP contribution in [-0.4, -0.2) is 86.3 Å². The van der Waals surface area contributed by atoms with Gasteiger partial charge in [-0.15, -0.1) is 28.6 Å². The number of amides is 2. The number of carbonyl (C=O) groups is 4. The first-order valence-corrected chi connectivity index (χ1v) is 13.8. The van der Waals surface area contributed by atoms with Crippen LogP contribution in [0.4, 0.5) is 0 Å². The Kier molecular flexibility index (Phi) is 7.39. The molecule has 5 rings (SSSR count). The van der Waals surface area contributed by atoms with Gasteiger partial charge < -0.3 is 20.6 Å². The molecule has 4 N–H and O–H groups in total. The highest BCUT2D eigenvalue weighted by Crippen LogP contribution is 2.41. The van der Waals surface area contributed by atoms with Gasteiger partial charge in [0.15, 0.2) is 11.8 Å². The predicted octanol–water partition coefficient (Wildman–Crippen LogP) is -0.152. The molecule has 1 fully saturated rings. The van der Waals surface area contributed by atoms with Crippen LogP contribution < -0.4 is 11.0 Å². The van der Waals surface area contributed by atoms with E-state index in [1.807, 2.05) is 6.92 Å². The zero-order valence-corrected chi connectivity index (χ0v) is 22.4. The number of β-lactam (4-membered cyclic amide) rings is 1. The number of nitrogens with zero attached hydrogens (tertiary/aromatic N) is 5. The van der Waals surface area contributed by atoms with E-state index in [1.54, 1.807) is 30.3 Å². The van der Waals surface area contributed by atoms with Crippen LogP contribution in [-0.2, 0) is 25.7 Å². The number of aliphatic hydroxyl groups excluding tert-OH is 1. The Balaban J connectivity index is 1.29. The zero-order chi connectivity index (χ0) is 28.7. The molecule has 0 saturated carbocycles. The summed E-state index contributed by atoms with van der Waals surface area (Å²) < 4.78 is 1.73. The van der Waals surface area contributed by atoms with Crippen LogP contribution in [0.1, 0.15) is 17.2 Å². The van der Waals surface area contributed by atoms with E-state index in [0.717, 1.165) is 31.4 Å². The summed E-state index contributed by atoms with van der Waals surface area (Å²) in [4.78, 5) is 62.2. The molecule has 14 nitrogen and oxygen atoms in total. The Morgan fingerprint density at radius 1 is 1.12 bits per heavy atom. The fourth-order valence-corrected chi connectivity index (χ4v) is 6.63. The first kappa shape index (κ1) is 27.4. The van der Waals surface area contributed by atoms with Crippen LogP contribution in [0.15, 0.2) is 57.5 Å². The molecule has 1 saturated heterocycles. The van der Waals surface area contributed by atoms with E-state index in [4.69, 9.17) is 5.11 Å². The van der Waals surface area contributed by atoms with Crippen LogP contribution in [0.3, 0.4) is 0 Å². The summed E-state index contributed by atoms with van der Waals surface area (Å²) in [6.07, 6.45) is -1.48. The summed E-state index contributed by atoms with van der Waals surface area (Å²) in [7, 11) is 0. The maximum absolute atomic E-state index is 12.9. The number of aliphatic hydroxyl groups is 1. The van der Waals surface area contributed by atoms with Gasteiger partial charge in [0.1, 0.15) is 28.7 Å². The average molecular weight is 587 g/mol. The third-order valence-corrected chi connectivity index (χ3v) is 8.63. The molecule has 3 aromatic rings. The minimum absolute atomic E-state index is 0.144. The molecular formula is C24H22N6O8S2. The Morgan fingerprint density at radius 3 is 2.52 bits per heavy atom. The van der Waals surface area contributed by atoms with Crippen molar-refractivity contribution in [2.45, 2.75) is 36.0 Å². The Labute approximate surface area is 233 Å². The van der Waals surface area contributed by atoms with E-state index in [9.17, 15) is 34.2 Å². The molecule has 1 unspecified atom stereocenters. The van der Waals surface area contributed by atoms with Crippen molar-refractivity contribution in [3.05, 3.63) is 69.3 Å². The van der Waals surface area contributed by atoms with Crippen molar-refractivity contribution < 1.29 is 34.5 Å². The number of carboxylic acids is 2. The normalized spacial score (nSPS) is 19.2. The first-order chi connectivity index (χ1) is 19.0. The third-order valence-electron chi connectivity index (χ3n) is 6.28. The molecule has 0 radical (unpaired) electrons. The van der Waals surface area contributed by atoms with Gasteiger partial charge in [-0.1, -0.05) is 29.8 Å². The SMILES string of the molecule is Cc1ccc([C@@H](O)C(=O)NC2C(=O)N3C(C(=O)O)=C(CSc4ccc5nn(CC(=O)O)c(=O)n5n4)CS[C@H]23)cc1. The minimum atomic E-state index is -1.48. The number of carbonyl (C=O) groups excluding carboxylic acids is 2. The molecule has 2 aromatic heterocycles. The summed E-state index contributed by atoms with van der Waals surface area (Å²) in [6, 6.07) is 8.80. The highest BCUT2D eigenvalue weighted by atomic mass is 32.2. The van der Waals surface area contributed by atoms with Crippen molar-refractivity contribution in [1.29, 1.82) is 0 Å². The molecule has 3 atom stereocenters. The zero-order valence-electron chi connectivity index (χ0n) is 20.8. The van der Waals surface area contributed by atoms with Crippen molar-refractivity contribution in [2.24, 2.45) is 0 Å². The number of aryl methyl sites for hydroxylation is 1. The second-order valence-electron chi connectivity index (χ2n) is 9.03. The molecular weight excluding hydrogens is 564 g/mol. The van der Waals surface area contributed by atoms with Gasteiger partial charge in [0.2, 0.25) is 0 Å². The lowest BCUT2D eigenvalue weighted by molar-refractivity contribution is -0.151. The van der Waals surface area contributed by atoms with E-state index < -0.39 is 53.5 Å². The highest BCUT2D eigenvalue weighted by molar-refractivity contribution is 8.01. The van der Waals surface area contributed by atoms with Crippen LogP contribution in [0, 0.1) is 6.92 Å². The lowest BCUT2D eigenvalue weighted by atomic mass is 10.0. The van der Waals surface area contributed by atoms with Gasteiger partial charge >= 0.3 is 17.6 Å². The van der Waals surface area contributed by atoms with Gasteiger partial charge in [0.05, 0.1) is 0 Å². The molecule has 2 amide bonds. The smallest absolute Gasteiger partial charge is 0.367 e. The van der Waals surface area contributed by atoms with E-state index in [-0.39, 0.29) is 22.8 Å². The minimum Gasteiger partial charge on any atom is -0.480 e. The molecule has 40 heavy (non-hydrogen) atoms. The number of aromatic nitrogens is 4. The monoisotopic (exact) mass is 586 g/mol. The molecule has 4 heterocycles. The Morgan fingerprint density at radius 2 is 1.85 bits per heavy atom. The van der Waals surface area contributed by atoms with Crippen LogP contribution in [0.2, 0.25) is 0 Å². The Hall–Kier alpha value is -4.15. The number of rotatable bonds is 9. The average Bonchev–Trinajstić information content (AvgIpc) is 3.23. The lowest BCUT2D eigenvalue weighted by Gasteiger charge is -2.49. The van der Waals surface area contributed by atoms with E-state index in [0.29, 0.717) is 16.2 Å². The summed E-state index contributed by atoms with van der Waals surface area (Å²) in [5, 5.41) is 39.6. The predicted molar refractivity (Wildman–Crippen MR) is 141 cm³/mol. The summed E-state index contributed by atoms with van der Waals surface area (Å²) in [5.41, 5.74) is 1.03. The van der Waals surface area contributed by atoms with Crippen LogP contribution in [0.25, 0.3) is 5.65 Å². The fraction of sp³-hybridized carbons (Fsp3) is 0.292. The number of hydrogen-bond donors (Lipinski definition) is 4. The number of fused-ring (bicyclic) bond motifs is 2. The van der Waals surface area contributed by atoms with Crippen molar-refractivity contribution in [3.8, 4) is 0 Å². The number of nitrogens with one attached hydrogen (secondary N) is 1. The summed E-state index contributed by atoms with van der Waals surface area (Å²) >= 11 is 2.42.